The fourth-order valence-electron chi connectivity index (χ4n) is 5.87. The Morgan fingerprint density at radius 1 is 0.941 bits per heavy atom. The van der Waals surface area contributed by atoms with E-state index in [2.05, 4.69) is 27.2 Å². The van der Waals surface area contributed by atoms with E-state index in [1.807, 2.05) is 79.2 Å². The van der Waals surface area contributed by atoms with Crippen molar-refractivity contribution in [2.45, 2.75) is 61.5 Å². The number of nitrogens with zero attached hydrogens (tertiary/aromatic N) is 3. The number of thioether (sulfide) groups is 1. The maximum Gasteiger partial charge on any atom is 0.242 e. The SMILES string of the molecule is Cc1ccc(S(=O)(=O)N[C@H](Cc2ccccc2)C(=O)Nc2cccc([C@@H]3O[C@H](CSc4nncn4C)[C@H](C)[C@H](c4ccc(CO)cc4)O3)c2)cc1. The van der Waals surface area contributed by atoms with Crippen molar-refractivity contribution in [1.29, 1.82) is 0 Å². The summed E-state index contributed by atoms with van der Waals surface area (Å²) in [5, 5.41) is 21.5. The lowest BCUT2D eigenvalue weighted by molar-refractivity contribution is -0.268. The average Bonchev–Trinajstić information content (AvgIpc) is 3.55. The number of carbonyl (C=O) groups excluding carboxylic acids is 1. The third-order valence-corrected chi connectivity index (χ3v) is 11.4. The van der Waals surface area contributed by atoms with Crippen LogP contribution in [0.3, 0.4) is 0 Å². The lowest BCUT2D eigenvalue weighted by atomic mass is 9.91. The molecule has 5 aromatic rings. The van der Waals surface area contributed by atoms with Crippen LogP contribution in [0, 0.1) is 12.8 Å². The molecule has 5 atom stereocenters. The highest BCUT2D eigenvalue weighted by atomic mass is 32.2. The number of anilines is 1. The Bertz CT molecular complexity index is 2020. The molecule has 0 aliphatic carbocycles. The zero-order valence-corrected chi connectivity index (χ0v) is 30.2. The summed E-state index contributed by atoms with van der Waals surface area (Å²) in [5.41, 5.74) is 4.64. The van der Waals surface area contributed by atoms with Gasteiger partial charge < -0.3 is 24.5 Å². The number of benzene rings is 4. The molecule has 6 rings (SSSR count). The monoisotopic (exact) mass is 727 g/mol. The number of ether oxygens (including phenoxy) is 2. The summed E-state index contributed by atoms with van der Waals surface area (Å²) in [5.74, 6) is 0.0491. The number of aliphatic hydroxyl groups excluding tert-OH is 1. The zero-order valence-electron chi connectivity index (χ0n) is 28.5. The van der Waals surface area contributed by atoms with Gasteiger partial charge in [0.1, 0.15) is 12.4 Å². The van der Waals surface area contributed by atoms with Crippen molar-refractivity contribution >= 4 is 33.4 Å². The van der Waals surface area contributed by atoms with E-state index < -0.39 is 28.3 Å². The largest absolute Gasteiger partial charge is 0.392 e. The summed E-state index contributed by atoms with van der Waals surface area (Å²) in [6.07, 6.45) is 0.462. The summed E-state index contributed by atoms with van der Waals surface area (Å²) in [4.78, 5) is 13.9. The van der Waals surface area contributed by atoms with Crippen LogP contribution in [-0.2, 0) is 44.4 Å². The molecule has 1 saturated heterocycles. The summed E-state index contributed by atoms with van der Waals surface area (Å²) in [6, 6.07) is 29.5. The van der Waals surface area contributed by atoms with Crippen molar-refractivity contribution in [3.63, 3.8) is 0 Å². The van der Waals surface area contributed by atoms with Gasteiger partial charge in [-0.2, -0.15) is 4.72 Å². The molecule has 0 radical (unpaired) electrons. The van der Waals surface area contributed by atoms with E-state index in [0.29, 0.717) is 17.0 Å². The molecule has 11 nitrogen and oxygen atoms in total. The van der Waals surface area contributed by atoms with Gasteiger partial charge in [-0.25, -0.2) is 8.42 Å². The number of hydrogen-bond donors (Lipinski definition) is 3. The molecular weight excluding hydrogens is 687 g/mol. The Morgan fingerprint density at radius 3 is 2.37 bits per heavy atom. The van der Waals surface area contributed by atoms with Gasteiger partial charge in [0.15, 0.2) is 11.4 Å². The average molecular weight is 728 g/mol. The second-order valence-electron chi connectivity index (χ2n) is 12.6. The number of sulfonamides is 1. The van der Waals surface area contributed by atoms with Crippen LogP contribution in [0.25, 0.3) is 0 Å². The fraction of sp³-hybridized carbons (Fsp3) is 0.289. The maximum absolute atomic E-state index is 13.8. The van der Waals surface area contributed by atoms with Gasteiger partial charge in [-0.1, -0.05) is 103 Å². The number of rotatable bonds is 13. The molecule has 266 valence electrons. The highest BCUT2D eigenvalue weighted by molar-refractivity contribution is 7.99. The van der Waals surface area contributed by atoms with Gasteiger partial charge in [0.2, 0.25) is 15.9 Å². The number of aryl methyl sites for hydroxylation is 2. The van der Waals surface area contributed by atoms with Gasteiger partial charge in [-0.3, -0.25) is 4.79 Å². The van der Waals surface area contributed by atoms with Crippen LogP contribution < -0.4 is 10.0 Å². The molecule has 0 bridgehead atoms. The van der Waals surface area contributed by atoms with Gasteiger partial charge >= 0.3 is 0 Å². The molecule has 2 heterocycles. The van der Waals surface area contributed by atoms with Gasteiger partial charge in [-0.05, 0) is 54.3 Å². The number of hydrogen-bond acceptors (Lipinski definition) is 9. The Kier molecular flexibility index (Phi) is 11.7. The van der Waals surface area contributed by atoms with Gasteiger partial charge in [0.25, 0.3) is 0 Å². The molecule has 1 fully saturated rings. The van der Waals surface area contributed by atoms with Crippen LogP contribution in [-0.4, -0.2) is 52.1 Å². The van der Waals surface area contributed by atoms with Crippen molar-refractivity contribution in [1.82, 2.24) is 19.5 Å². The highest BCUT2D eigenvalue weighted by Gasteiger charge is 2.39. The molecule has 3 N–H and O–H groups in total. The molecule has 1 aliphatic rings. The van der Waals surface area contributed by atoms with Crippen LogP contribution in [0.2, 0.25) is 0 Å². The molecule has 13 heteroatoms. The Hall–Kier alpha value is -4.37. The number of nitrogens with one attached hydrogen (secondary N) is 2. The zero-order chi connectivity index (χ0) is 36.0. The van der Waals surface area contributed by atoms with E-state index in [0.717, 1.165) is 27.4 Å². The topological polar surface area (TPSA) is 145 Å². The van der Waals surface area contributed by atoms with Crippen molar-refractivity contribution < 1.29 is 27.8 Å². The lowest BCUT2D eigenvalue weighted by Crippen LogP contribution is -2.45. The summed E-state index contributed by atoms with van der Waals surface area (Å²) >= 11 is 1.55. The molecule has 51 heavy (non-hydrogen) atoms. The van der Waals surface area contributed by atoms with E-state index in [-0.39, 0.29) is 36.0 Å². The van der Waals surface area contributed by atoms with E-state index in [4.69, 9.17) is 9.47 Å². The quantitative estimate of drug-likeness (QED) is 0.130. The van der Waals surface area contributed by atoms with E-state index >= 15 is 0 Å². The second kappa shape index (κ2) is 16.3. The Labute approximate surface area is 302 Å². The summed E-state index contributed by atoms with van der Waals surface area (Å²) in [7, 11) is -2.12. The van der Waals surface area contributed by atoms with Crippen LogP contribution >= 0.6 is 11.8 Å². The number of aromatic nitrogens is 3. The molecule has 0 unspecified atom stereocenters. The number of carbonyl (C=O) groups is 1. The van der Waals surface area contributed by atoms with Gasteiger partial charge in [0, 0.05) is 30.0 Å². The predicted octanol–water partition coefficient (Wildman–Crippen LogP) is 5.73. The first kappa shape index (κ1) is 36.4. The standard InChI is InChI=1S/C38H41N5O6S2/c1-25-12-18-32(19-13-25)51(46,47)42-33(20-27-8-5-4-6-9-27)36(45)40-31-11-7-10-30(21-31)37-48-34(23-50-38-41-39-24-43(38)3)26(2)35(49-37)29-16-14-28(22-44)15-17-29/h4-19,21,24,26,33-35,37,42,44H,20,22-23H2,1-3H3,(H,40,45)/t26-,33+,34+,35+,37+/m0/s1. The van der Waals surface area contributed by atoms with Crippen molar-refractivity contribution in [2.75, 3.05) is 11.1 Å². The third-order valence-electron chi connectivity index (χ3n) is 8.82. The summed E-state index contributed by atoms with van der Waals surface area (Å²) in [6.45, 7) is 3.91. The minimum atomic E-state index is -4.01. The predicted molar refractivity (Wildman–Crippen MR) is 195 cm³/mol. The number of aliphatic hydroxyl groups is 1. The first-order valence-corrected chi connectivity index (χ1v) is 19.1. The van der Waals surface area contributed by atoms with Crippen molar-refractivity contribution in [2.24, 2.45) is 13.0 Å². The summed E-state index contributed by atoms with van der Waals surface area (Å²) < 4.78 is 44.5. The van der Waals surface area contributed by atoms with E-state index in [1.165, 1.54) is 12.1 Å². The molecule has 1 amide bonds. The first-order chi connectivity index (χ1) is 24.6. The molecule has 1 aliphatic heterocycles. The van der Waals surface area contributed by atoms with Gasteiger partial charge in [0.05, 0.1) is 23.7 Å². The normalized spacial score (nSPS) is 19.8. The Balaban J connectivity index is 1.24. The van der Waals surface area contributed by atoms with Crippen molar-refractivity contribution in [3.05, 3.63) is 137 Å². The molecule has 0 spiro atoms. The van der Waals surface area contributed by atoms with Crippen LogP contribution in [0.4, 0.5) is 5.69 Å². The fourth-order valence-corrected chi connectivity index (χ4v) is 8.12. The maximum atomic E-state index is 13.8. The van der Waals surface area contributed by atoms with Crippen LogP contribution in [0.1, 0.15) is 47.1 Å². The minimum Gasteiger partial charge on any atom is -0.392 e. The molecule has 4 aromatic carbocycles. The highest BCUT2D eigenvalue weighted by Crippen LogP contribution is 2.43. The van der Waals surface area contributed by atoms with E-state index in [9.17, 15) is 18.3 Å². The third kappa shape index (κ3) is 9.11. The minimum absolute atomic E-state index is 0.0369. The van der Waals surface area contributed by atoms with Crippen LogP contribution in [0.15, 0.2) is 120 Å². The van der Waals surface area contributed by atoms with Crippen LogP contribution in [0.5, 0.6) is 0 Å². The Morgan fingerprint density at radius 2 is 1.69 bits per heavy atom. The van der Waals surface area contributed by atoms with Gasteiger partial charge in [-0.15, -0.1) is 10.2 Å². The van der Waals surface area contributed by atoms with E-state index in [1.54, 1.807) is 48.4 Å². The smallest absolute Gasteiger partial charge is 0.242 e. The van der Waals surface area contributed by atoms with Crippen molar-refractivity contribution in [3.8, 4) is 0 Å². The molecule has 1 aromatic heterocycles. The first-order valence-electron chi connectivity index (χ1n) is 16.6. The molecular formula is C38H41N5O6S2. The number of amides is 1. The molecule has 0 saturated carbocycles. The lowest BCUT2D eigenvalue weighted by Gasteiger charge is -2.41. The second-order valence-corrected chi connectivity index (χ2v) is 15.3.